The SMILES string of the molecule is CN(C)c1ccc(CCCNC(=O)CCC(=O)N(CCC#N)c2ccccc2)cc1. The van der Waals surface area contributed by atoms with Crippen LogP contribution < -0.4 is 15.1 Å². The maximum Gasteiger partial charge on any atom is 0.227 e. The molecule has 0 saturated heterocycles. The van der Waals surface area contributed by atoms with Crippen LogP contribution in [0.25, 0.3) is 0 Å². The van der Waals surface area contributed by atoms with E-state index in [-0.39, 0.29) is 31.1 Å². The lowest BCUT2D eigenvalue weighted by Gasteiger charge is -2.21. The number of hydrogen-bond acceptors (Lipinski definition) is 4. The molecule has 0 bridgehead atoms. The van der Waals surface area contributed by atoms with Crippen LogP contribution in [0.3, 0.4) is 0 Å². The number of rotatable bonds is 11. The fourth-order valence-electron chi connectivity index (χ4n) is 3.09. The number of nitrogens with one attached hydrogen (secondary N) is 1. The predicted octanol–water partition coefficient (Wildman–Crippen LogP) is 3.53. The van der Waals surface area contributed by atoms with Crippen LogP contribution in [0.15, 0.2) is 54.6 Å². The first-order valence-electron chi connectivity index (χ1n) is 10.3. The maximum absolute atomic E-state index is 12.6. The molecule has 30 heavy (non-hydrogen) atoms. The van der Waals surface area contributed by atoms with E-state index in [4.69, 9.17) is 5.26 Å². The van der Waals surface area contributed by atoms with Gasteiger partial charge in [0.05, 0.1) is 12.5 Å². The summed E-state index contributed by atoms with van der Waals surface area (Å²) in [5, 5.41) is 11.7. The molecule has 0 saturated carbocycles. The number of amides is 2. The average molecular weight is 407 g/mol. The first-order chi connectivity index (χ1) is 14.5. The van der Waals surface area contributed by atoms with Crippen molar-refractivity contribution in [2.45, 2.75) is 32.1 Å². The van der Waals surface area contributed by atoms with Crippen molar-refractivity contribution in [1.29, 1.82) is 5.26 Å². The van der Waals surface area contributed by atoms with Crippen LogP contribution in [0.5, 0.6) is 0 Å². The molecule has 6 nitrogen and oxygen atoms in total. The molecule has 6 heteroatoms. The molecule has 0 radical (unpaired) electrons. The van der Waals surface area contributed by atoms with Crippen LogP contribution in [0.1, 0.15) is 31.2 Å². The number of para-hydroxylation sites is 1. The Hall–Kier alpha value is -3.33. The van der Waals surface area contributed by atoms with Gasteiger partial charge in [-0.3, -0.25) is 9.59 Å². The van der Waals surface area contributed by atoms with Crippen molar-refractivity contribution in [3.05, 3.63) is 60.2 Å². The van der Waals surface area contributed by atoms with Gasteiger partial charge in [0, 0.05) is 51.4 Å². The largest absolute Gasteiger partial charge is 0.378 e. The second-order valence-electron chi connectivity index (χ2n) is 7.30. The van der Waals surface area contributed by atoms with Crippen LogP contribution >= 0.6 is 0 Å². The molecular weight excluding hydrogens is 376 g/mol. The molecule has 0 fully saturated rings. The fraction of sp³-hybridized carbons (Fsp3) is 0.375. The van der Waals surface area contributed by atoms with Crippen molar-refractivity contribution >= 4 is 23.2 Å². The summed E-state index contributed by atoms with van der Waals surface area (Å²) < 4.78 is 0. The molecule has 0 unspecified atom stereocenters. The Morgan fingerprint density at radius 2 is 1.67 bits per heavy atom. The molecule has 2 aromatic carbocycles. The van der Waals surface area contributed by atoms with Crippen molar-refractivity contribution in [2.24, 2.45) is 0 Å². The Morgan fingerprint density at radius 3 is 2.30 bits per heavy atom. The van der Waals surface area contributed by atoms with Gasteiger partial charge < -0.3 is 15.1 Å². The van der Waals surface area contributed by atoms with E-state index in [2.05, 4.69) is 40.6 Å². The maximum atomic E-state index is 12.6. The van der Waals surface area contributed by atoms with Crippen molar-refractivity contribution in [3.8, 4) is 6.07 Å². The summed E-state index contributed by atoms with van der Waals surface area (Å²) in [6, 6.07) is 19.7. The van der Waals surface area contributed by atoms with E-state index in [0.29, 0.717) is 13.1 Å². The zero-order chi connectivity index (χ0) is 21.8. The number of aryl methyl sites for hydroxylation is 1. The van der Waals surface area contributed by atoms with Gasteiger partial charge in [0.2, 0.25) is 11.8 Å². The van der Waals surface area contributed by atoms with Gasteiger partial charge in [0.15, 0.2) is 0 Å². The first kappa shape index (κ1) is 23.0. The highest BCUT2D eigenvalue weighted by Gasteiger charge is 2.16. The van der Waals surface area contributed by atoms with E-state index in [1.165, 1.54) is 5.56 Å². The molecular formula is C24H30N4O2. The zero-order valence-electron chi connectivity index (χ0n) is 17.8. The number of anilines is 2. The van der Waals surface area contributed by atoms with Crippen molar-refractivity contribution in [2.75, 3.05) is 37.0 Å². The highest BCUT2D eigenvalue weighted by molar-refractivity contribution is 5.95. The lowest BCUT2D eigenvalue weighted by molar-refractivity contribution is -0.125. The van der Waals surface area contributed by atoms with Gasteiger partial charge in [-0.25, -0.2) is 0 Å². The Balaban J connectivity index is 1.72. The summed E-state index contributed by atoms with van der Waals surface area (Å²) in [6.07, 6.45) is 2.26. The predicted molar refractivity (Wildman–Crippen MR) is 120 cm³/mol. The van der Waals surface area contributed by atoms with Gasteiger partial charge in [-0.05, 0) is 42.7 Å². The molecule has 0 aliphatic heterocycles. The molecule has 0 heterocycles. The highest BCUT2D eigenvalue weighted by Crippen LogP contribution is 2.16. The normalized spacial score (nSPS) is 10.2. The second-order valence-corrected chi connectivity index (χ2v) is 7.30. The molecule has 2 aromatic rings. The van der Waals surface area contributed by atoms with Gasteiger partial charge in [-0.2, -0.15) is 5.26 Å². The zero-order valence-corrected chi connectivity index (χ0v) is 17.8. The number of carbonyl (C=O) groups is 2. The molecule has 0 spiro atoms. The standard InChI is InChI=1S/C24H30N4O2/c1-27(2)21-13-11-20(12-14-21)8-6-18-26-23(29)15-16-24(30)28(19-7-17-25)22-9-4-3-5-10-22/h3-5,9-14H,6-8,15-16,18-19H2,1-2H3,(H,26,29). The first-order valence-corrected chi connectivity index (χ1v) is 10.3. The Kier molecular flexibility index (Phi) is 9.39. The van der Waals surface area contributed by atoms with E-state index in [0.717, 1.165) is 24.2 Å². The lowest BCUT2D eigenvalue weighted by Crippen LogP contribution is -2.33. The number of nitriles is 1. The van der Waals surface area contributed by atoms with Crippen molar-refractivity contribution in [1.82, 2.24) is 5.32 Å². The molecule has 2 rings (SSSR count). The Morgan fingerprint density at radius 1 is 0.967 bits per heavy atom. The van der Waals surface area contributed by atoms with Gasteiger partial charge in [-0.15, -0.1) is 0 Å². The van der Waals surface area contributed by atoms with Gasteiger partial charge in [-0.1, -0.05) is 30.3 Å². The molecule has 158 valence electrons. The summed E-state index contributed by atoms with van der Waals surface area (Å²) >= 11 is 0. The second kappa shape index (κ2) is 12.3. The van der Waals surface area contributed by atoms with E-state index in [1.807, 2.05) is 44.4 Å². The molecule has 0 aliphatic carbocycles. The molecule has 0 aliphatic rings. The van der Waals surface area contributed by atoms with Gasteiger partial charge in [0.1, 0.15) is 0 Å². The van der Waals surface area contributed by atoms with Crippen LogP contribution in [0.4, 0.5) is 11.4 Å². The minimum absolute atomic E-state index is 0.123. The number of nitrogens with zero attached hydrogens (tertiary/aromatic N) is 3. The van der Waals surface area contributed by atoms with Crippen LogP contribution in [0.2, 0.25) is 0 Å². The van der Waals surface area contributed by atoms with Gasteiger partial charge in [0.25, 0.3) is 0 Å². The molecule has 0 atom stereocenters. The third kappa shape index (κ3) is 7.59. The number of hydrogen-bond donors (Lipinski definition) is 1. The average Bonchev–Trinajstić information content (AvgIpc) is 2.76. The topological polar surface area (TPSA) is 76.4 Å². The smallest absolute Gasteiger partial charge is 0.227 e. The van der Waals surface area contributed by atoms with E-state index in [9.17, 15) is 9.59 Å². The molecule has 0 aromatic heterocycles. The Labute approximate surface area is 179 Å². The monoisotopic (exact) mass is 406 g/mol. The van der Waals surface area contributed by atoms with Crippen LogP contribution in [0, 0.1) is 11.3 Å². The van der Waals surface area contributed by atoms with E-state index in [1.54, 1.807) is 4.90 Å². The van der Waals surface area contributed by atoms with E-state index < -0.39 is 0 Å². The van der Waals surface area contributed by atoms with Crippen LogP contribution in [-0.4, -0.2) is 39.0 Å². The molecule has 1 N–H and O–H groups in total. The third-order valence-corrected chi connectivity index (χ3v) is 4.80. The third-order valence-electron chi connectivity index (χ3n) is 4.80. The van der Waals surface area contributed by atoms with Crippen molar-refractivity contribution < 1.29 is 9.59 Å². The quantitative estimate of drug-likeness (QED) is 0.579. The lowest BCUT2D eigenvalue weighted by atomic mass is 10.1. The molecule has 2 amide bonds. The summed E-state index contributed by atoms with van der Waals surface area (Å²) in [7, 11) is 4.02. The number of benzene rings is 2. The minimum atomic E-state index is -0.146. The summed E-state index contributed by atoms with van der Waals surface area (Å²) in [4.78, 5) is 28.3. The summed E-state index contributed by atoms with van der Waals surface area (Å²) in [6.45, 7) is 0.910. The Bertz CT molecular complexity index is 842. The van der Waals surface area contributed by atoms with Gasteiger partial charge >= 0.3 is 0 Å². The van der Waals surface area contributed by atoms with Crippen LogP contribution in [-0.2, 0) is 16.0 Å². The summed E-state index contributed by atoms with van der Waals surface area (Å²) in [5.41, 5.74) is 3.15. The van der Waals surface area contributed by atoms with Crippen molar-refractivity contribution in [3.63, 3.8) is 0 Å². The van der Waals surface area contributed by atoms with E-state index >= 15 is 0 Å². The number of carbonyl (C=O) groups excluding carboxylic acids is 2. The summed E-state index contributed by atoms with van der Waals surface area (Å²) in [5.74, 6) is -0.271. The highest BCUT2D eigenvalue weighted by atomic mass is 16.2. The minimum Gasteiger partial charge on any atom is -0.378 e. The fourth-order valence-corrected chi connectivity index (χ4v) is 3.09.